The van der Waals surface area contributed by atoms with Gasteiger partial charge in [-0.25, -0.2) is 19.0 Å². The minimum Gasteiger partial charge on any atom is -0.385 e. The zero-order valence-corrected chi connectivity index (χ0v) is 19.8. The third kappa shape index (κ3) is 3.66. The second-order valence-electron chi connectivity index (χ2n) is 8.89. The van der Waals surface area contributed by atoms with Gasteiger partial charge in [-0.3, -0.25) is 4.68 Å². The van der Waals surface area contributed by atoms with Crippen molar-refractivity contribution in [3.05, 3.63) is 65.0 Å². The maximum atomic E-state index is 13.4. The van der Waals surface area contributed by atoms with Crippen molar-refractivity contribution in [1.82, 2.24) is 29.5 Å². The zero-order chi connectivity index (χ0) is 24.0. The molecule has 34 heavy (non-hydrogen) atoms. The largest absolute Gasteiger partial charge is 0.385 e. The molecule has 5 rings (SSSR count). The van der Waals surface area contributed by atoms with Crippen molar-refractivity contribution >= 4 is 11.6 Å². The van der Waals surface area contributed by atoms with Gasteiger partial charge in [-0.15, -0.1) is 0 Å². The number of rotatable bonds is 6. The molecule has 1 fully saturated rings. The monoisotopic (exact) mass is 461 g/mol. The summed E-state index contributed by atoms with van der Waals surface area (Å²) in [5.41, 5.74) is 4.64. The second-order valence-corrected chi connectivity index (χ2v) is 8.89. The fraction of sp³-hybridized carbons (Fsp3) is 0.360. The predicted molar refractivity (Wildman–Crippen MR) is 128 cm³/mol. The smallest absolute Gasteiger partial charge is 0.159 e. The summed E-state index contributed by atoms with van der Waals surface area (Å²) >= 11 is 0. The second kappa shape index (κ2) is 8.32. The van der Waals surface area contributed by atoms with Crippen LogP contribution in [-0.4, -0.2) is 34.6 Å². The maximum absolute atomic E-state index is 13.4. The van der Waals surface area contributed by atoms with Gasteiger partial charge in [-0.05, 0) is 63.8 Å². The molecule has 3 aromatic heterocycles. The topological polar surface area (TPSA) is 93.7 Å². The highest BCUT2D eigenvalue weighted by molar-refractivity contribution is 5.72. The van der Waals surface area contributed by atoms with Crippen LogP contribution in [0.2, 0.25) is 0 Å². The highest BCUT2D eigenvalue weighted by Gasteiger charge is 2.40. The summed E-state index contributed by atoms with van der Waals surface area (Å²) in [5, 5.41) is 23.6. The molecule has 0 saturated heterocycles. The number of halogens is 1. The summed E-state index contributed by atoms with van der Waals surface area (Å²) in [6, 6.07) is 8.24. The SMILES string of the molecule is CCc1c(Nc2cc(-n3nc(C)c(C4(O)CCC4)c3C)ncn2)nn(C)c1-c1ccc(F)cc1. The average molecular weight is 462 g/mol. The number of aromatic nitrogens is 6. The van der Waals surface area contributed by atoms with Crippen molar-refractivity contribution in [1.29, 1.82) is 0 Å². The van der Waals surface area contributed by atoms with E-state index in [1.165, 1.54) is 18.5 Å². The molecule has 0 unspecified atom stereocenters. The van der Waals surface area contributed by atoms with E-state index >= 15 is 0 Å². The molecule has 0 amide bonds. The van der Waals surface area contributed by atoms with Crippen LogP contribution in [0.3, 0.4) is 0 Å². The summed E-state index contributed by atoms with van der Waals surface area (Å²) < 4.78 is 17.0. The number of anilines is 2. The Kier molecular flexibility index (Phi) is 5.44. The van der Waals surface area contributed by atoms with Gasteiger partial charge in [-0.2, -0.15) is 10.2 Å². The molecule has 4 aromatic rings. The van der Waals surface area contributed by atoms with Crippen LogP contribution in [-0.2, 0) is 19.1 Å². The number of nitrogens with zero attached hydrogens (tertiary/aromatic N) is 6. The summed E-state index contributed by atoms with van der Waals surface area (Å²) in [7, 11) is 1.87. The van der Waals surface area contributed by atoms with Crippen LogP contribution < -0.4 is 5.32 Å². The summed E-state index contributed by atoms with van der Waals surface area (Å²) in [6.45, 7) is 5.95. The van der Waals surface area contributed by atoms with Crippen molar-refractivity contribution in [2.45, 2.75) is 52.1 Å². The summed E-state index contributed by atoms with van der Waals surface area (Å²) in [6.07, 6.45) is 4.76. The molecule has 3 heterocycles. The fourth-order valence-corrected chi connectivity index (χ4v) is 4.93. The molecule has 1 saturated carbocycles. The molecule has 0 atom stereocenters. The predicted octanol–water partition coefficient (Wildman–Crippen LogP) is 4.50. The Hall–Kier alpha value is -3.59. The van der Waals surface area contributed by atoms with Crippen molar-refractivity contribution < 1.29 is 9.50 Å². The van der Waals surface area contributed by atoms with Gasteiger partial charge < -0.3 is 10.4 Å². The quantitative estimate of drug-likeness (QED) is 0.439. The molecular formula is C25H28FN7O. The van der Waals surface area contributed by atoms with Crippen LogP contribution in [0.25, 0.3) is 17.1 Å². The summed E-state index contributed by atoms with van der Waals surface area (Å²) in [4.78, 5) is 8.80. The molecule has 1 aliphatic carbocycles. The van der Waals surface area contributed by atoms with E-state index in [1.54, 1.807) is 21.5 Å². The van der Waals surface area contributed by atoms with E-state index in [-0.39, 0.29) is 5.82 Å². The number of hydrogen-bond acceptors (Lipinski definition) is 6. The molecule has 0 spiro atoms. The normalized spacial score (nSPS) is 14.8. The lowest BCUT2D eigenvalue weighted by molar-refractivity contribution is -0.0398. The minimum atomic E-state index is -0.790. The van der Waals surface area contributed by atoms with Gasteiger partial charge >= 0.3 is 0 Å². The van der Waals surface area contributed by atoms with E-state index in [4.69, 9.17) is 0 Å². The van der Waals surface area contributed by atoms with Gasteiger partial charge in [-0.1, -0.05) is 6.92 Å². The molecule has 0 aliphatic heterocycles. The first-order valence-electron chi connectivity index (χ1n) is 11.5. The fourth-order valence-electron chi connectivity index (χ4n) is 4.93. The Morgan fingerprint density at radius 2 is 1.85 bits per heavy atom. The van der Waals surface area contributed by atoms with Gasteiger partial charge in [0.15, 0.2) is 11.6 Å². The lowest BCUT2D eigenvalue weighted by atomic mass is 9.74. The molecule has 2 N–H and O–H groups in total. The Morgan fingerprint density at radius 1 is 1.12 bits per heavy atom. The van der Waals surface area contributed by atoms with Gasteiger partial charge in [0.05, 0.1) is 17.0 Å². The van der Waals surface area contributed by atoms with Crippen LogP contribution in [0.5, 0.6) is 0 Å². The highest BCUT2D eigenvalue weighted by Crippen LogP contribution is 2.44. The van der Waals surface area contributed by atoms with Gasteiger partial charge in [0, 0.05) is 35.5 Å². The Balaban J connectivity index is 1.49. The number of hydrogen-bond donors (Lipinski definition) is 2. The lowest BCUT2D eigenvalue weighted by Crippen LogP contribution is -2.34. The molecule has 1 aliphatic rings. The van der Waals surface area contributed by atoms with Gasteiger partial charge in [0.25, 0.3) is 0 Å². The van der Waals surface area contributed by atoms with Crippen molar-refractivity contribution in [3.8, 4) is 17.1 Å². The van der Waals surface area contributed by atoms with Crippen LogP contribution in [0.1, 0.15) is 48.7 Å². The summed E-state index contributed by atoms with van der Waals surface area (Å²) in [5.74, 6) is 1.61. The third-order valence-corrected chi connectivity index (χ3v) is 6.67. The van der Waals surface area contributed by atoms with Crippen LogP contribution in [0.4, 0.5) is 16.0 Å². The minimum absolute atomic E-state index is 0.271. The zero-order valence-electron chi connectivity index (χ0n) is 19.8. The van der Waals surface area contributed by atoms with Crippen LogP contribution >= 0.6 is 0 Å². The first-order valence-corrected chi connectivity index (χ1v) is 11.5. The van der Waals surface area contributed by atoms with Crippen LogP contribution in [0.15, 0.2) is 36.7 Å². The third-order valence-electron chi connectivity index (χ3n) is 6.67. The molecule has 9 heteroatoms. The number of benzene rings is 1. The average Bonchev–Trinajstić information content (AvgIpc) is 3.27. The Labute approximate surface area is 197 Å². The first-order chi connectivity index (χ1) is 16.3. The highest BCUT2D eigenvalue weighted by atomic mass is 19.1. The standard InChI is InChI=1S/C25H28FN7O/c1-5-19-23(17-7-9-18(26)10-8-17)32(4)31-24(19)29-20-13-21(28-14-27-20)33-16(3)22(15(2)30-33)25(34)11-6-12-25/h7-10,13-14,34H,5-6,11-12H2,1-4H3,(H,27,28,29,31). The molecule has 176 valence electrons. The van der Waals surface area contributed by atoms with Gasteiger partial charge in [0.1, 0.15) is 18.0 Å². The first kappa shape index (κ1) is 22.2. The number of aliphatic hydroxyl groups is 1. The maximum Gasteiger partial charge on any atom is 0.159 e. The molecule has 0 bridgehead atoms. The van der Waals surface area contributed by atoms with Crippen molar-refractivity contribution in [2.75, 3.05) is 5.32 Å². The Morgan fingerprint density at radius 3 is 2.50 bits per heavy atom. The van der Waals surface area contributed by atoms with E-state index in [0.29, 0.717) is 17.5 Å². The van der Waals surface area contributed by atoms with E-state index in [0.717, 1.165) is 59.5 Å². The number of aryl methyl sites for hydroxylation is 2. The lowest BCUT2D eigenvalue weighted by Gasteiger charge is -2.37. The Bertz CT molecular complexity index is 1350. The molecule has 0 radical (unpaired) electrons. The van der Waals surface area contributed by atoms with E-state index < -0.39 is 5.60 Å². The van der Waals surface area contributed by atoms with Crippen molar-refractivity contribution in [3.63, 3.8) is 0 Å². The molecule has 8 nitrogen and oxygen atoms in total. The van der Waals surface area contributed by atoms with Crippen molar-refractivity contribution in [2.24, 2.45) is 7.05 Å². The molecule has 1 aromatic carbocycles. The van der Waals surface area contributed by atoms with Crippen LogP contribution in [0, 0.1) is 19.7 Å². The van der Waals surface area contributed by atoms with Gasteiger partial charge in [0.2, 0.25) is 0 Å². The molecular weight excluding hydrogens is 433 g/mol. The van der Waals surface area contributed by atoms with E-state index in [2.05, 4.69) is 32.4 Å². The number of nitrogens with one attached hydrogen (secondary N) is 1. The van der Waals surface area contributed by atoms with E-state index in [1.807, 2.05) is 27.0 Å². The van der Waals surface area contributed by atoms with E-state index in [9.17, 15) is 9.50 Å².